The van der Waals surface area contributed by atoms with Gasteiger partial charge in [0, 0.05) is 19.3 Å². The third-order valence-electron chi connectivity index (χ3n) is 2.79. The van der Waals surface area contributed by atoms with Crippen molar-refractivity contribution in [3.05, 3.63) is 24.0 Å². The van der Waals surface area contributed by atoms with Crippen molar-refractivity contribution in [2.24, 2.45) is 5.92 Å². The van der Waals surface area contributed by atoms with E-state index in [1.807, 2.05) is 0 Å². The van der Waals surface area contributed by atoms with Crippen molar-refractivity contribution < 1.29 is 15.0 Å². The average molecular weight is 252 g/mol. The SMILES string of the molecule is CCCC(CCO)CNC(=O)c1ncccc1O. The second kappa shape index (κ2) is 7.66. The van der Waals surface area contributed by atoms with Gasteiger partial charge in [-0.1, -0.05) is 13.3 Å². The maximum absolute atomic E-state index is 11.8. The monoisotopic (exact) mass is 252 g/mol. The summed E-state index contributed by atoms with van der Waals surface area (Å²) in [6, 6.07) is 3.00. The van der Waals surface area contributed by atoms with Crippen molar-refractivity contribution in [1.29, 1.82) is 0 Å². The van der Waals surface area contributed by atoms with E-state index in [0.29, 0.717) is 13.0 Å². The highest BCUT2D eigenvalue weighted by molar-refractivity contribution is 5.94. The van der Waals surface area contributed by atoms with Crippen LogP contribution in [-0.2, 0) is 0 Å². The Balaban J connectivity index is 2.52. The summed E-state index contributed by atoms with van der Waals surface area (Å²) in [5.74, 6) is -0.244. The maximum Gasteiger partial charge on any atom is 0.273 e. The largest absolute Gasteiger partial charge is 0.505 e. The zero-order valence-electron chi connectivity index (χ0n) is 10.6. The van der Waals surface area contributed by atoms with Crippen molar-refractivity contribution in [3.63, 3.8) is 0 Å². The van der Waals surface area contributed by atoms with Gasteiger partial charge in [0.05, 0.1) is 0 Å². The molecule has 100 valence electrons. The van der Waals surface area contributed by atoms with E-state index < -0.39 is 0 Å². The first-order chi connectivity index (χ1) is 8.69. The Morgan fingerprint density at radius 1 is 1.50 bits per heavy atom. The van der Waals surface area contributed by atoms with Crippen LogP contribution in [0.1, 0.15) is 36.7 Å². The van der Waals surface area contributed by atoms with Crippen molar-refractivity contribution >= 4 is 5.91 Å². The molecule has 18 heavy (non-hydrogen) atoms. The van der Waals surface area contributed by atoms with Crippen molar-refractivity contribution in [2.75, 3.05) is 13.2 Å². The van der Waals surface area contributed by atoms with Crippen LogP contribution in [0.5, 0.6) is 5.75 Å². The summed E-state index contributed by atoms with van der Waals surface area (Å²) < 4.78 is 0. The molecule has 0 radical (unpaired) electrons. The second-order valence-electron chi connectivity index (χ2n) is 4.25. The van der Waals surface area contributed by atoms with E-state index in [4.69, 9.17) is 5.11 Å². The Bertz CT molecular complexity index is 376. The summed E-state index contributed by atoms with van der Waals surface area (Å²) in [6.07, 6.45) is 4.10. The molecule has 0 fully saturated rings. The van der Waals surface area contributed by atoms with Crippen LogP contribution in [0.25, 0.3) is 0 Å². The van der Waals surface area contributed by atoms with Crippen molar-refractivity contribution in [2.45, 2.75) is 26.2 Å². The van der Waals surface area contributed by atoms with E-state index in [9.17, 15) is 9.90 Å². The van der Waals surface area contributed by atoms with Crippen LogP contribution < -0.4 is 5.32 Å². The predicted octanol–water partition coefficient (Wildman–Crippen LogP) is 1.32. The molecule has 1 rings (SSSR count). The summed E-state index contributed by atoms with van der Waals surface area (Å²) in [5, 5.41) is 21.2. The zero-order chi connectivity index (χ0) is 13.4. The molecular weight excluding hydrogens is 232 g/mol. The summed E-state index contributed by atoms with van der Waals surface area (Å²) in [4.78, 5) is 15.6. The van der Waals surface area contributed by atoms with Gasteiger partial charge in [-0.05, 0) is 30.9 Å². The number of pyridine rings is 1. The van der Waals surface area contributed by atoms with Crippen LogP contribution in [0.15, 0.2) is 18.3 Å². The number of aromatic nitrogens is 1. The third-order valence-corrected chi connectivity index (χ3v) is 2.79. The Labute approximate surface area is 107 Å². The normalized spacial score (nSPS) is 12.1. The molecule has 0 aliphatic heterocycles. The number of aliphatic hydroxyl groups is 1. The molecule has 1 aromatic heterocycles. The molecule has 1 unspecified atom stereocenters. The fourth-order valence-corrected chi connectivity index (χ4v) is 1.83. The van der Waals surface area contributed by atoms with E-state index in [1.165, 1.54) is 12.3 Å². The third kappa shape index (κ3) is 4.33. The van der Waals surface area contributed by atoms with Crippen LogP contribution in [-0.4, -0.2) is 34.3 Å². The molecule has 1 atom stereocenters. The van der Waals surface area contributed by atoms with E-state index >= 15 is 0 Å². The smallest absolute Gasteiger partial charge is 0.273 e. The van der Waals surface area contributed by atoms with E-state index in [2.05, 4.69) is 17.2 Å². The molecule has 0 aliphatic rings. The van der Waals surface area contributed by atoms with Gasteiger partial charge in [-0.25, -0.2) is 4.98 Å². The zero-order valence-corrected chi connectivity index (χ0v) is 10.6. The van der Waals surface area contributed by atoms with Crippen LogP contribution in [0, 0.1) is 5.92 Å². The topological polar surface area (TPSA) is 82.5 Å². The minimum absolute atomic E-state index is 0.0387. The predicted molar refractivity (Wildman–Crippen MR) is 68.3 cm³/mol. The van der Waals surface area contributed by atoms with Gasteiger partial charge in [0.1, 0.15) is 5.75 Å². The lowest BCUT2D eigenvalue weighted by molar-refractivity contribution is 0.0935. The van der Waals surface area contributed by atoms with Gasteiger partial charge in [-0.15, -0.1) is 0 Å². The van der Waals surface area contributed by atoms with Crippen LogP contribution in [0.4, 0.5) is 0 Å². The fraction of sp³-hybridized carbons (Fsp3) is 0.538. The van der Waals surface area contributed by atoms with Crippen LogP contribution >= 0.6 is 0 Å². The van der Waals surface area contributed by atoms with Gasteiger partial charge < -0.3 is 15.5 Å². The minimum Gasteiger partial charge on any atom is -0.505 e. The number of hydrogen-bond acceptors (Lipinski definition) is 4. The van der Waals surface area contributed by atoms with E-state index in [-0.39, 0.29) is 29.9 Å². The number of nitrogens with one attached hydrogen (secondary N) is 1. The van der Waals surface area contributed by atoms with E-state index in [1.54, 1.807) is 6.07 Å². The number of hydrogen-bond donors (Lipinski definition) is 3. The summed E-state index contributed by atoms with van der Waals surface area (Å²) >= 11 is 0. The second-order valence-corrected chi connectivity index (χ2v) is 4.25. The first-order valence-electron chi connectivity index (χ1n) is 6.22. The Morgan fingerprint density at radius 2 is 2.28 bits per heavy atom. The molecule has 1 amide bonds. The quantitative estimate of drug-likeness (QED) is 0.683. The lowest BCUT2D eigenvalue weighted by Crippen LogP contribution is -2.30. The van der Waals surface area contributed by atoms with E-state index in [0.717, 1.165) is 12.8 Å². The summed E-state index contributed by atoms with van der Waals surface area (Å²) in [6.45, 7) is 2.68. The van der Waals surface area contributed by atoms with Crippen LogP contribution in [0.2, 0.25) is 0 Å². The molecule has 5 heteroatoms. The highest BCUT2D eigenvalue weighted by Crippen LogP contribution is 2.13. The van der Waals surface area contributed by atoms with Crippen molar-refractivity contribution in [1.82, 2.24) is 10.3 Å². The Hall–Kier alpha value is -1.62. The fourth-order valence-electron chi connectivity index (χ4n) is 1.83. The lowest BCUT2D eigenvalue weighted by Gasteiger charge is -2.15. The molecule has 0 aliphatic carbocycles. The van der Waals surface area contributed by atoms with Gasteiger partial charge in [-0.3, -0.25) is 4.79 Å². The number of carbonyl (C=O) groups excluding carboxylic acids is 1. The summed E-state index contributed by atoms with van der Waals surface area (Å²) in [5.41, 5.74) is 0.0387. The number of aliphatic hydroxyl groups excluding tert-OH is 1. The molecule has 5 nitrogen and oxygen atoms in total. The first kappa shape index (κ1) is 14.4. The van der Waals surface area contributed by atoms with Crippen LogP contribution in [0.3, 0.4) is 0 Å². The number of carbonyl (C=O) groups is 1. The highest BCUT2D eigenvalue weighted by Gasteiger charge is 2.14. The molecule has 1 heterocycles. The van der Waals surface area contributed by atoms with Crippen molar-refractivity contribution in [3.8, 4) is 5.75 Å². The van der Waals surface area contributed by atoms with Gasteiger partial charge in [-0.2, -0.15) is 0 Å². The molecule has 0 saturated carbocycles. The molecule has 0 saturated heterocycles. The molecular formula is C13H20N2O3. The Kier molecular flexibility index (Phi) is 6.14. The first-order valence-corrected chi connectivity index (χ1v) is 6.22. The maximum atomic E-state index is 11.8. The number of aromatic hydroxyl groups is 1. The molecule has 0 aromatic carbocycles. The average Bonchev–Trinajstić information content (AvgIpc) is 2.36. The lowest BCUT2D eigenvalue weighted by atomic mass is 10.0. The standard InChI is InChI=1S/C13H20N2O3/c1-2-4-10(6-8-16)9-15-13(18)12-11(17)5-3-7-14-12/h3,5,7,10,16-17H,2,4,6,8-9H2,1H3,(H,15,18). The molecule has 1 aromatic rings. The van der Waals surface area contributed by atoms with Gasteiger partial charge in [0.25, 0.3) is 5.91 Å². The van der Waals surface area contributed by atoms with Gasteiger partial charge >= 0.3 is 0 Å². The molecule has 0 bridgehead atoms. The van der Waals surface area contributed by atoms with Gasteiger partial charge in [0.2, 0.25) is 0 Å². The van der Waals surface area contributed by atoms with Gasteiger partial charge in [0.15, 0.2) is 5.69 Å². The minimum atomic E-state index is -0.382. The number of rotatable bonds is 7. The molecule has 3 N–H and O–H groups in total. The summed E-state index contributed by atoms with van der Waals surface area (Å²) in [7, 11) is 0. The molecule has 0 spiro atoms. The number of nitrogens with zero attached hydrogens (tertiary/aromatic N) is 1. The Morgan fingerprint density at radius 3 is 2.89 bits per heavy atom. The highest BCUT2D eigenvalue weighted by atomic mass is 16.3. The number of amides is 1.